The standard InChI is InChI=1S/C17H23N3O2S2/c1-9-5-6-10-11(7-9)24-15-13(10)14(22)18-16(19-15)23-8-12(21)20-17(2,3)4/h9H,5-8H2,1-4H3,(H,20,21)(H,18,19,22)/t9-/m0/s1. The number of nitrogens with one attached hydrogen (secondary N) is 2. The van der Waals surface area contributed by atoms with Crippen LogP contribution in [0.5, 0.6) is 0 Å². The molecule has 3 rings (SSSR count). The molecule has 130 valence electrons. The van der Waals surface area contributed by atoms with Crippen molar-refractivity contribution in [2.24, 2.45) is 5.92 Å². The molecule has 0 aliphatic heterocycles. The molecule has 1 atom stereocenters. The molecule has 0 radical (unpaired) electrons. The smallest absolute Gasteiger partial charge is 0.260 e. The fourth-order valence-corrected chi connectivity index (χ4v) is 5.09. The molecule has 0 fully saturated rings. The first-order chi connectivity index (χ1) is 11.2. The summed E-state index contributed by atoms with van der Waals surface area (Å²) in [5.74, 6) is 0.850. The number of nitrogens with zero attached hydrogens (tertiary/aromatic N) is 1. The molecule has 1 aliphatic carbocycles. The van der Waals surface area contributed by atoms with Gasteiger partial charge in [0.05, 0.1) is 11.1 Å². The molecule has 2 aromatic heterocycles. The summed E-state index contributed by atoms with van der Waals surface area (Å²) in [6, 6.07) is 0. The van der Waals surface area contributed by atoms with Crippen LogP contribution >= 0.6 is 23.1 Å². The Morgan fingerprint density at radius 3 is 2.92 bits per heavy atom. The number of thiophene rings is 1. The van der Waals surface area contributed by atoms with E-state index in [0.717, 1.165) is 29.5 Å². The van der Waals surface area contributed by atoms with Gasteiger partial charge in [0.1, 0.15) is 4.83 Å². The molecule has 1 aliphatic rings. The molecule has 0 bridgehead atoms. The number of aromatic amines is 1. The maximum atomic E-state index is 12.5. The van der Waals surface area contributed by atoms with Crippen LogP contribution in [-0.4, -0.2) is 27.2 Å². The minimum Gasteiger partial charge on any atom is -0.351 e. The maximum absolute atomic E-state index is 12.5. The Morgan fingerprint density at radius 1 is 1.46 bits per heavy atom. The van der Waals surface area contributed by atoms with E-state index in [9.17, 15) is 9.59 Å². The molecule has 2 heterocycles. The zero-order valence-electron chi connectivity index (χ0n) is 14.5. The average Bonchev–Trinajstić information content (AvgIpc) is 2.80. The van der Waals surface area contributed by atoms with Gasteiger partial charge in [0.15, 0.2) is 5.16 Å². The highest BCUT2D eigenvalue weighted by molar-refractivity contribution is 7.99. The first-order valence-electron chi connectivity index (χ1n) is 8.21. The lowest BCUT2D eigenvalue weighted by Gasteiger charge is -2.20. The van der Waals surface area contributed by atoms with Gasteiger partial charge in [-0.3, -0.25) is 9.59 Å². The van der Waals surface area contributed by atoms with Crippen LogP contribution in [0, 0.1) is 5.92 Å². The van der Waals surface area contributed by atoms with Crippen molar-refractivity contribution in [3.05, 3.63) is 20.8 Å². The van der Waals surface area contributed by atoms with Crippen molar-refractivity contribution >= 4 is 39.2 Å². The van der Waals surface area contributed by atoms with Gasteiger partial charge in [0, 0.05) is 10.4 Å². The van der Waals surface area contributed by atoms with Gasteiger partial charge in [-0.2, -0.15) is 0 Å². The highest BCUT2D eigenvalue weighted by Crippen LogP contribution is 2.36. The topological polar surface area (TPSA) is 74.8 Å². The highest BCUT2D eigenvalue weighted by atomic mass is 32.2. The lowest BCUT2D eigenvalue weighted by molar-refractivity contribution is -0.119. The predicted octanol–water partition coefficient (Wildman–Crippen LogP) is 3.12. The van der Waals surface area contributed by atoms with Crippen molar-refractivity contribution in [1.29, 1.82) is 0 Å². The predicted molar refractivity (Wildman–Crippen MR) is 100 cm³/mol. The molecule has 0 aromatic carbocycles. The van der Waals surface area contributed by atoms with E-state index < -0.39 is 0 Å². The number of carbonyl (C=O) groups is 1. The Hall–Kier alpha value is -1.34. The van der Waals surface area contributed by atoms with E-state index in [4.69, 9.17) is 0 Å². The minimum absolute atomic E-state index is 0.0606. The molecule has 0 saturated heterocycles. The van der Waals surface area contributed by atoms with Crippen molar-refractivity contribution < 1.29 is 4.79 Å². The summed E-state index contributed by atoms with van der Waals surface area (Å²) in [4.78, 5) is 33.9. The summed E-state index contributed by atoms with van der Waals surface area (Å²) >= 11 is 2.90. The molecule has 0 saturated carbocycles. The van der Waals surface area contributed by atoms with Gasteiger partial charge in [-0.15, -0.1) is 11.3 Å². The number of hydrogen-bond acceptors (Lipinski definition) is 5. The van der Waals surface area contributed by atoms with Crippen LogP contribution < -0.4 is 10.9 Å². The summed E-state index contributed by atoms with van der Waals surface area (Å²) in [6.07, 6.45) is 3.12. The third-order valence-corrected chi connectivity index (χ3v) is 6.02. The number of fused-ring (bicyclic) bond motifs is 3. The molecule has 24 heavy (non-hydrogen) atoms. The van der Waals surface area contributed by atoms with Crippen molar-refractivity contribution in [2.75, 3.05) is 5.75 Å². The third kappa shape index (κ3) is 3.83. The first-order valence-corrected chi connectivity index (χ1v) is 10.0. The number of carbonyl (C=O) groups excluding carboxylic acids is 1. The molecule has 5 nitrogen and oxygen atoms in total. The third-order valence-electron chi connectivity index (χ3n) is 4.00. The Morgan fingerprint density at radius 2 is 2.21 bits per heavy atom. The molecule has 0 spiro atoms. The Balaban J connectivity index is 1.81. The monoisotopic (exact) mass is 365 g/mol. The van der Waals surface area contributed by atoms with Crippen LogP contribution in [0.25, 0.3) is 10.2 Å². The van der Waals surface area contributed by atoms with Crippen molar-refractivity contribution in [2.45, 2.75) is 57.7 Å². The van der Waals surface area contributed by atoms with Gasteiger partial charge >= 0.3 is 0 Å². The van der Waals surface area contributed by atoms with Gasteiger partial charge in [-0.25, -0.2) is 4.98 Å². The Bertz CT molecular complexity index is 833. The van der Waals surface area contributed by atoms with Crippen molar-refractivity contribution in [3.63, 3.8) is 0 Å². The first kappa shape index (κ1) is 17.5. The second-order valence-electron chi connectivity index (χ2n) is 7.49. The van der Waals surface area contributed by atoms with E-state index in [0.29, 0.717) is 11.1 Å². The molecule has 2 N–H and O–H groups in total. The summed E-state index contributed by atoms with van der Waals surface area (Å²) in [5, 5.41) is 4.18. The zero-order valence-corrected chi connectivity index (χ0v) is 16.1. The largest absolute Gasteiger partial charge is 0.351 e. The molecule has 0 unspecified atom stereocenters. The fraction of sp³-hybridized carbons (Fsp3) is 0.588. The van der Waals surface area contributed by atoms with Gasteiger partial charge < -0.3 is 10.3 Å². The van der Waals surface area contributed by atoms with Crippen molar-refractivity contribution in [3.8, 4) is 0 Å². The number of aryl methyl sites for hydroxylation is 1. The van der Waals surface area contributed by atoms with Gasteiger partial charge in [0.2, 0.25) is 5.91 Å². The van der Waals surface area contributed by atoms with E-state index >= 15 is 0 Å². The van der Waals surface area contributed by atoms with Gasteiger partial charge in [-0.1, -0.05) is 18.7 Å². The normalized spacial score (nSPS) is 17.8. The second-order valence-corrected chi connectivity index (χ2v) is 9.54. The van der Waals surface area contributed by atoms with Crippen LogP contribution in [0.2, 0.25) is 0 Å². The van der Waals surface area contributed by atoms with Crippen LogP contribution in [0.15, 0.2) is 9.95 Å². The van der Waals surface area contributed by atoms with Gasteiger partial charge in [-0.05, 0) is 51.5 Å². The summed E-state index contributed by atoms with van der Waals surface area (Å²) < 4.78 is 0. The van der Waals surface area contributed by atoms with Gasteiger partial charge in [0.25, 0.3) is 5.56 Å². The van der Waals surface area contributed by atoms with E-state index in [1.807, 2.05) is 20.8 Å². The number of hydrogen-bond donors (Lipinski definition) is 2. The quantitative estimate of drug-likeness (QED) is 0.647. The highest BCUT2D eigenvalue weighted by Gasteiger charge is 2.23. The zero-order chi connectivity index (χ0) is 17.5. The number of rotatable bonds is 3. The Kier molecular flexibility index (Phi) is 4.75. The molecular weight excluding hydrogens is 342 g/mol. The fourth-order valence-electron chi connectivity index (χ4n) is 2.99. The number of H-pyrrole nitrogens is 1. The minimum atomic E-state index is -0.258. The summed E-state index contributed by atoms with van der Waals surface area (Å²) in [7, 11) is 0. The van der Waals surface area contributed by atoms with E-state index in [1.165, 1.54) is 22.2 Å². The number of aromatic nitrogens is 2. The van der Waals surface area contributed by atoms with Crippen molar-refractivity contribution in [1.82, 2.24) is 15.3 Å². The van der Waals surface area contributed by atoms with Crippen LogP contribution in [-0.2, 0) is 17.6 Å². The maximum Gasteiger partial charge on any atom is 0.260 e. The lowest BCUT2D eigenvalue weighted by Crippen LogP contribution is -2.41. The van der Waals surface area contributed by atoms with E-state index in [-0.39, 0.29) is 22.8 Å². The molecular formula is C17H23N3O2S2. The van der Waals surface area contributed by atoms with Crippen LogP contribution in [0.1, 0.15) is 44.6 Å². The number of amides is 1. The Labute approximate surface area is 149 Å². The lowest BCUT2D eigenvalue weighted by atomic mass is 9.89. The molecule has 7 heteroatoms. The molecule has 2 aromatic rings. The number of thioether (sulfide) groups is 1. The van der Waals surface area contributed by atoms with E-state index in [2.05, 4.69) is 22.2 Å². The summed E-state index contributed by atoms with van der Waals surface area (Å²) in [6.45, 7) is 8.08. The SMILES string of the molecule is C[C@H]1CCc2c(sc3nc(SCC(=O)NC(C)(C)C)[nH]c(=O)c23)C1. The molecule has 1 amide bonds. The second kappa shape index (κ2) is 6.52. The summed E-state index contributed by atoms with van der Waals surface area (Å²) in [5.41, 5.74) is 0.848. The van der Waals surface area contributed by atoms with Crippen LogP contribution in [0.3, 0.4) is 0 Å². The van der Waals surface area contributed by atoms with E-state index in [1.54, 1.807) is 11.3 Å². The van der Waals surface area contributed by atoms with Crippen LogP contribution in [0.4, 0.5) is 0 Å². The average molecular weight is 366 g/mol.